The van der Waals surface area contributed by atoms with Crippen LogP contribution < -0.4 is 15.8 Å². The Hall–Kier alpha value is -2.79. The molecule has 2 aromatic carbocycles. The van der Waals surface area contributed by atoms with Gasteiger partial charge >= 0.3 is 0 Å². The first-order chi connectivity index (χ1) is 11.8. The summed E-state index contributed by atoms with van der Waals surface area (Å²) in [6.07, 6.45) is 0.849. The maximum atomic E-state index is 6.08. The van der Waals surface area contributed by atoms with Gasteiger partial charge in [0.05, 0.1) is 17.9 Å². The van der Waals surface area contributed by atoms with Crippen molar-refractivity contribution in [1.29, 1.82) is 0 Å². The predicted molar refractivity (Wildman–Crippen MR) is 96.2 cm³/mol. The van der Waals surface area contributed by atoms with Crippen molar-refractivity contribution >= 4 is 33.0 Å². The second-order valence-corrected chi connectivity index (χ2v) is 5.71. The van der Waals surface area contributed by atoms with E-state index >= 15 is 0 Å². The van der Waals surface area contributed by atoms with Gasteiger partial charge in [0.15, 0.2) is 0 Å². The number of hydrogen-bond donors (Lipinski definition) is 2. The van der Waals surface area contributed by atoms with Crippen molar-refractivity contribution in [3.63, 3.8) is 0 Å². The first-order valence-electron chi connectivity index (χ1n) is 8.03. The Morgan fingerprint density at radius 3 is 2.88 bits per heavy atom. The molecule has 0 aliphatic carbocycles. The highest BCUT2D eigenvalue weighted by molar-refractivity contribution is 6.07. The molecule has 0 radical (unpaired) electrons. The number of fused-ring (bicyclic) bond motifs is 4. The summed E-state index contributed by atoms with van der Waals surface area (Å²) >= 11 is 0. The monoisotopic (exact) mass is 321 g/mol. The van der Waals surface area contributed by atoms with Crippen LogP contribution in [0.3, 0.4) is 0 Å². The van der Waals surface area contributed by atoms with E-state index in [0.29, 0.717) is 13.1 Å². The first-order valence-corrected chi connectivity index (χ1v) is 8.03. The van der Waals surface area contributed by atoms with Gasteiger partial charge in [0.1, 0.15) is 11.3 Å². The molecule has 0 saturated carbocycles. The largest absolute Gasteiger partial charge is 0.497 e. The number of benzene rings is 2. The van der Waals surface area contributed by atoms with Crippen LogP contribution in [0, 0.1) is 0 Å². The van der Waals surface area contributed by atoms with Crippen molar-refractivity contribution in [1.82, 2.24) is 4.98 Å². The quantitative estimate of drug-likeness (QED) is 0.566. The molecule has 0 amide bonds. The minimum Gasteiger partial charge on any atom is -0.497 e. The van der Waals surface area contributed by atoms with E-state index in [2.05, 4.69) is 11.1 Å². The van der Waals surface area contributed by atoms with Gasteiger partial charge in [-0.3, -0.25) is 4.99 Å². The number of rotatable bonds is 4. The highest BCUT2D eigenvalue weighted by Gasteiger charge is 2.12. The number of methoxy groups -OCH3 is 1. The number of para-hydroxylation sites is 1. The Morgan fingerprint density at radius 1 is 1.17 bits per heavy atom. The minimum absolute atomic E-state index is 0.624. The van der Waals surface area contributed by atoms with Crippen LogP contribution in [-0.2, 0) is 0 Å². The summed E-state index contributed by atoms with van der Waals surface area (Å²) in [5, 5.41) is 3.98. The summed E-state index contributed by atoms with van der Waals surface area (Å²) in [6, 6.07) is 13.9. The Kier molecular flexibility index (Phi) is 3.70. The lowest BCUT2D eigenvalue weighted by Crippen LogP contribution is -2.08. The average Bonchev–Trinajstić information content (AvgIpc) is 2.99. The third-order valence-electron chi connectivity index (χ3n) is 4.19. The third-order valence-corrected chi connectivity index (χ3v) is 4.19. The highest BCUT2D eigenvalue weighted by Crippen LogP contribution is 2.27. The molecule has 4 rings (SSSR count). The summed E-state index contributed by atoms with van der Waals surface area (Å²) in [5.74, 6) is 0.784. The van der Waals surface area contributed by atoms with Crippen LogP contribution in [-0.4, -0.2) is 25.2 Å². The second kappa shape index (κ2) is 6.02. The summed E-state index contributed by atoms with van der Waals surface area (Å²) in [7, 11) is 1.66. The van der Waals surface area contributed by atoms with E-state index in [4.69, 9.17) is 19.9 Å². The number of nitrogens with zero attached hydrogens (tertiary/aromatic N) is 1. The lowest BCUT2D eigenvalue weighted by molar-refractivity contribution is 0.415. The number of H-pyrrole nitrogens is 1. The van der Waals surface area contributed by atoms with Crippen LogP contribution in [0.4, 0.5) is 0 Å². The molecule has 0 spiro atoms. The SMILES string of the molecule is COc1ccc2oc3[nH]c4ccccc4c3c(=NCCCN)c2c1. The molecule has 5 heteroatoms. The predicted octanol–water partition coefficient (Wildman–Crippen LogP) is 3.33. The summed E-state index contributed by atoms with van der Waals surface area (Å²) < 4.78 is 11.5. The second-order valence-electron chi connectivity index (χ2n) is 5.71. The molecular formula is C19H19N3O2. The first kappa shape index (κ1) is 14.8. The fourth-order valence-corrected chi connectivity index (χ4v) is 3.03. The topological polar surface area (TPSA) is 76.5 Å². The van der Waals surface area contributed by atoms with E-state index in [1.165, 1.54) is 0 Å². The van der Waals surface area contributed by atoms with Gasteiger partial charge in [-0.05, 0) is 37.2 Å². The molecule has 2 heterocycles. The smallest absolute Gasteiger partial charge is 0.208 e. The maximum absolute atomic E-state index is 6.08. The van der Waals surface area contributed by atoms with Crippen LogP contribution in [0.1, 0.15) is 6.42 Å². The van der Waals surface area contributed by atoms with Crippen molar-refractivity contribution in [2.24, 2.45) is 10.7 Å². The zero-order valence-electron chi connectivity index (χ0n) is 13.5. The molecule has 0 fully saturated rings. The molecular weight excluding hydrogens is 302 g/mol. The Balaban J connectivity index is 2.16. The van der Waals surface area contributed by atoms with Crippen molar-refractivity contribution in [2.45, 2.75) is 6.42 Å². The molecule has 0 bridgehead atoms. The van der Waals surface area contributed by atoms with Gasteiger partial charge in [-0.2, -0.15) is 0 Å². The summed E-state index contributed by atoms with van der Waals surface area (Å²) in [4.78, 5) is 8.18. The zero-order valence-corrected chi connectivity index (χ0v) is 13.5. The molecule has 0 atom stereocenters. The van der Waals surface area contributed by atoms with Gasteiger partial charge in [-0.1, -0.05) is 18.2 Å². The van der Waals surface area contributed by atoms with E-state index in [1.807, 2.05) is 36.4 Å². The van der Waals surface area contributed by atoms with E-state index < -0.39 is 0 Å². The maximum Gasteiger partial charge on any atom is 0.208 e. The van der Waals surface area contributed by atoms with Crippen LogP contribution >= 0.6 is 0 Å². The molecule has 0 aliphatic rings. The van der Waals surface area contributed by atoms with Crippen molar-refractivity contribution in [3.8, 4) is 5.75 Å². The molecule has 122 valence electrons. The molecule has 3 N–H and O–H groups in total. The molecule has 0 saturated heterocycles. The lowest BCUT2D eigenvalue weighted by atomic mass is 10.1. The van der Waals surface area contributed by atoms with Crippen LogP contribution in [0.2, 0.25) is 0 Å². The van der Waals surface area contributed by atoms with Gasteiger partial charge in [0, 0.05) is 22.8 Å². The fraction of sp³-hybridized carbons (Fsp3) is 0.211. The minimum atomic E-state index is 0.624. The standard InChI is InChI=1S/C19H19N3O2/c1-23-12-7-8-16-14(11-12)18(21-10-4-9-20)17-13-5-2-3-6-15(13)22-19(17)24-16/h2-3,5-8,11,22H,4,9-10,20H2,1H3. The van der Waals surface area contributed by atoms with Crippen LogP contribution in [0.15, 0.2) is 51.9 Å². The van der Waals surface area contributed by atoms with Crippen molar-refractivity contribution in [2.75, 3.05) is 20.2 Å². The Morgan fingerprint density at radius 2 is 2.04 bits per heavy atom. The number of nitrogens with two attached hydrogens (primary N) is 1. The molecule has 0 aliphatic heterocycles. The number of ether oxygens (including phenoxy) is 1. The molecule has 4 aromatic rings. The van der Waals surface area contributed by atoms with Gasteiger partial charge in [-0.25, -0.2) is 0 Å². The fourth-order valence-electron chi connectivity index (χ4n) is 3.03. The molecule has 24 heavy (non-hydrogen) atoms. The van der Waals surface area contributed by atoms with Crippen LogP contribution in [0.5, 0.6) is 5.75 Å². The molecule has 2 aromatic heterocycles. The average molecular weight is 321 g/mol. The van der Waals surface area contributed by atoms with Gasteiger partial charge < -0.3 is 19.9 Å². The summed E-state index contributed by atoms with van der Waals surface area (Å²) in [6.45, 7) is 1.31. The number of hydrogen-bond acceptors (Lipinski definition) is 4. The van der Waals surface area contributed by atoms with Crippen LogP contribution in [0.25, 0.3) is 33.0 Å². The number of aromatic nitrogens is 1. The molecule has 5 nitrogen and oxygen atoms in total. The van der Waals surface area contributed by atoms with E-state index in [9.17, 15) is 0 Å². The summed E-state index contributed by atoms with van der Waals surface area (Å²) in [5.41, 5.74) is 8.18. The zero-order chi connectivity index (χ0) is 16.5. The van der Waals surface area contributed by atoms with Gasteiger partial charge in [-0.15, -0.1) is 0 Å². The van der Waals surface area contributed by atoms with E-state index in [-0.39, 0.29) is 0 Å². The normalized spacial score (nSPS) is 12.5. The van der Waals surface area contributed by atoms with E-state index in [0.717, 1.165) is 50.5 Å². The number of aromatic amines is 1. The van der Waals surface area contributed by atoms with Crippen molar-refractivity contribution < 1.29 is 9.15 Å². The highest BCUT2D eigenvalue weighted by atomic mass is 16.5. The Bertz CT molecular complexity index is 1090. The van der Waals surface area contributed by atoms with Gasteiger partial charge in [0.25, 0.3) is 0 Å². The van der Waals surface area contributed by atoms with Gasteiger partial charge in [0.2, 0.25) is 5.71 Å². The number of nitrogens with one attached hydrogen (secondary N) is 1. The van der Waals surface area contributed by atoms with E-state index in [1.54, 1.807) is 7.11 Å². The lowest BCUT2D eigenvalue weighted by Gasteiger charge is -2.04. The Labute approximate surface area is 138 Å². The third kappa shape index (κ3) is 2.34. The molecule has 0 unspecified atom stereocenters. The van der Waals surface area contributed by atoms with Crippen molar-refractivity contribution in [3.05, 3.63) is 47.8 Å².